The topological polar surface area (TPSA) is 57.6 Å². The second-order valence-corrected chi connectivity index (χ2v) is 8.04. The zero-order valence-corrected chi connectivity index (χ0v) is 16.8. The number of aryl methyl sites for hydroxylation is 1. The molecule has 2 heterocycles. The number of thiophene rings is 1. The van der Waals surface area contributed by atoms with Gasteiger partial charge in [0.05, 0.1) is 5.57 Å². The summed E-state index contributed by atoms with van der Waals surface area (Å²) in [5.74, 6) is -2.33. The van der Waals surface area contributed by atoms with Crippen LogP contribution in [0.25, 0.3) is 5.76 Å². The average Bonchev–Trinajstić information content (AvgIpc) is 3.30. The molecule has 4 nitrogen and oxygen atoms in total. The Morgan fingerprint density at radius 1 is 1.14 bits per heavy atom. The summed E-state index contributed by atoms with van der Waals surface area (Å²) in [6.07, 6.45) is 0. The van der Waals surface area contributed by atoms with E-state index in [0.29, 0.717) is 10.7 Å². The monoisotopic (exact) mass is 427 g/mol. The van der Waals surface area contributed by atoms with Crippen LogP contribution >= 0.6 is 22.9 Å². The quantitative estimate of drug-likeness (QED) is 0.342. The van der Waals surface area contributed by atoms with Crippen molar-refractivity contribution >= 4 is 46.1 Å². The van der Waals surface area contributed by atoms with Crippen LogP contribution in [0.1, 0.15) is 22.0 Å². The van der Waals surface area contributed by atoms with Crippen LogP contribution in [0, 0.1) is 12.7 Å². The highest BCUT2D eigenvalue weighted by Gasteiger charge is 2.47. The van der Waals surface area contributed by atoms with Crippen LogP contribution in [0.2, 0.25) is 5.02 Å². The number of benzene rings is 2. The summed E-state index contributed by atoms with van der Waals surface area (Å²) >= 11 is 7.42. The Morgan fingerprint density at radius 2 is 1.86 bits per heavy atom. The minimum absolute atomic E-state index is 0.0293. The molecule has 0 aliphatic carbocycles. The van der Waals surface area contributed by atoms with Crippen LogP contribution in [-0.2, 0) is 9.59 Å². The number of amides is 1. The lowest BCUT2D eigenvalue weighted by molar-refractivity contribution is -0.132. The van der Waals surface area contributed by atoms with E-state index in [1.54, 1.807) is 31.2 Å². The first-order valence-corrected chi connectivity index (χ1v) is 10.0. The minimum Gasteiger partial charge on any atom is -0.507 e. The number of Topliss-reactive ketones (excluding diaryl/α,β-unsaturated/α-hetero) is 1. The van der Waals surface area contributed by atoms with E-state index < -0.39 is 23.5 Å². The normalized spacial score (nSPS) is 18.4. The first-order chi connectivity index (χ1) is 13.9. The molecular formula is C22H15ClFNO3S. The fraction of sp³-hybridized carbons (Fsp3) is 0.0909. The molecule has 1 aromatic heterocycles. The van der Waals surface area contributed by atoms with Gasteiger partial charge in [-0.1, -0.05) is 17.7 Å². The van der Waals surface area contributed by atoms with Gasteiger partial charge in [-0.25, -0.2) is 4.39 Å². The molecule has 1 unspecified atom stereocenters. The van der Waals surface area contributed by atoms with E-state index in [9.17, 15) is 19.1 Å². The molecule has 1 N–H and O–H groups in total. The Balaban J connectivity index is 1.94. The molecule has 3 aromatic rings. The van der Waals surface area contributed by atoms with E-state index in [1.807, 2.05) is 11.4 Å². The average molecular weight is 428 g/mol. The van der Waals surface area contributed by atoms with Gasteiger partial charge >= 0.3 is 0 Å². The predicted octanol–water partition coefficient (Wildman–Crippen LogP) is 5.48. The van der Waals surface area contributed by atoms with Crippen molar-refractivity contribution in [2.24, 2.45) is 0 Å². The largest absolute Gasteiger partial charge is 0.507 e. The molecule has 0 radical (unpaired) electrons. The number of carbonyl (C=O) groups is 2. The first kappa shape index (κ1) is 19.4. The maximum Gasteiger partial charge on any atom is 0.300 e. The number of aliphatic hydroxyl groups excluding tert-OH is 1. The third-order valence-corrected chi connectivity index (χ3v) is 5.95. The van der Waals surface area contributed by atoms with Crippen LogP contribution < -0.4 is 4.90 Å². The van der Waals surface area contributed by atoms with Gasteiger partial charge in [0.1, 0.15) is 17.6 Å². The Morgan fingerprint density at radius 3 is 2.48 bits per heavy atom. The van der Waals surface area contributed by atoms with E-state index in [0.717, 1.165) is 10.4 Å². The second-order valence-electron chi connectivity index (χ2n) is 6.62. The molecule has 2 aromatic carbocycles. The predicted molar refractivity (Wildman–Crippen MR) is 112 cm³/mol. The molecule has 1 amide bonds. The molecule has 7 heteroatoms. The van der Waals surface area contributed by atoms with Gasteiger partial charge in [0.25, 0.3) is 11.7 Å². The number of carbonyl (C=O) groups excluding carboxylic acids is 2. The summed E-state index contributed by atoms with van der Waals surface area (Å²) in [6, 6.07) is 13.0. The summed E-state index contributed by atoms with van der Waals surface area (Å²) in [7, 11) is 0. The third-order valence-electron chi connectivity index (χ3n) is 4.79. The van der Waals surface area contributed by atoms with E-state index in [2.05, 4.69) is 0 Å². The smallest absolute Gasteiger partial charge is 0.300 e. The SMILES string of the molecule is Cc1cc(Cl)ccc1N1C(=O)C(=O)/C(=C(\O)c2ccc(F)cc2)C1c1cccs1. The summed E-state index contributed by atoms with van der Waals surface area (Å²) in [4.78, 5) is 28.0. The highest BCUT2D eigenvalue weighted by atomic mass is 35.5. The van der Waals surface area contributed by atoms with Crippen LogP contribution in [-0.4, -0.2) is 16.8 Å². The molecule has 4 rings (SSSR count). The summed E-state index contributed by atoms with van der Waals surface area (Å²) in [5.41, 5.74) is 1.49. The molecule has 1 atom stereocenters. The number of hydrogen-bond acceptors (Lipinski definition) is 4. The molecule has 1 saturated heterocycles. The Bertz CT molecular complexity index is 1140. The highest BCUT2D eigenvalue weighted by molar-refractivity contribution is 7.10. The maximum absolute atomic E-state index is 13.3. The van der Waals surface area contributed by atoms with E-state index >= 15 is 0 Å². The summed E-state index contributed by atoms with van der Waals surface area (Å²) in [5, 5.41) is 13.2. The lowest BCUT2D eigenvalue weighted by Crippen LogP contribution is -2.29. The molecule has 0 saturated carbocycles. The minimum atomic E-state index is -0.792. The lowest BCUT2D eigenvalue weighted by atomic mass is 9.99. The number of anilines is 1. The zero-order chi connectivity index (χ0) is 20.7. The van der Waals surface area contributed by atoms with Gasteiger partial charge in [0.2, 0.25) is 0 Å². The summed E-state index contributed by atoms with van der Waals surface area (Å²) in [6.45, 7) is 1.80. The molecule has 146 valence electrons. The van der Waals surface area contributed by atoms with Crippen molar-refractivity contribution in [3.05, 3.63) is 92.4 Å². The maximum atomic E-state index is 13.3. The number of ketones is 1. The first-order valence-electron chi connectivity index (χ1n) is 8.75. The number of halogens is 2. The number of nitrogens with zero attached hydrogens (tertiary/aromatic N) is 1. The van der Waals surface area contributed by atoms with Crippen LogP contribution in [0.15, 0.2) is 65.6 Å². The standard InChI is InChI=1S/C22H15ClFNO3S/c1-12-11-14(23)6-9-16(12)25-19(17-3-2-10-29-17)18(21(27)22(25)28)20(26)13-4-7-15(24)8-5-13/h2-11,19,26H,1H3/b20-18-. The number of rotatable bonds is 3. The van der Waals surface area contributed by atoms with Gasteiger partial charge in [0.15, 0.2) is 0 Å². The Labute approximate surface area is 175 Å². The number of aliphatic hydroxyl groups is 1. The van der Waals surface area contributed by atoms with Crippen molar-refractivity contribution in [2.45, 2.75) is 13.0 Å². The Kier molecular flexibility index (Phi) is 4.98. The van der Waals surface area contributed by atoms with Gasteiger partial charge in [-0.05, 0) is 66.4 Å². The van der Waals surface area contributed by atoms with E-state index in [4.69, 9.17) is 11.6 Å². The van der Waals surface area contributed by atoms with Crippen molar-refractivity contribution < 1.29 is 19.1 Å². The third kappa shape index (κ3) is 3.34. The van der Waals surface area contributed by atoms with Crippen LogP contribution in [0.5, 0.6) is 0 Å². The molecule has 1 aliphatic rings. The highest BCUT2D eigenvalue weighted by Crippen LogP contribution is 2.44. The molecule has 1 fully saturated rings. The molecule has 29 heavy (non-hydrogen) atoms. The summed E-state index contributed by atoms with van der Waals surface area (Å²) < 4.78 is 13.3. The van der Waals surface area contributed by atoms with Crippen molar-refractivity contribution in [3.63, 3.8) is 0 Å². The van der Waals surface area contributed by atoms with Gasteiger partial charge in [0, 0.05) is 21.2 Å². The Hall–Kier alpha value is -2.96. The van der Waals surface area contributed by atoms with Gasteiger partial charge in [-0.2, -0.15) is 0 Å². The van der Waals surface area contributed by atoms with E-state index in [-0.39, 0.29) is 16.9 Å². The van der Waals surface area contributed by atoms with E-state index in [1.165, 1.54) is 40.5 Å². The molecular weight excluding hydrogens is 413 g/mol. The van der Waals surface area contributed by atoms with Crippen molar-refractivity contribution in [1.29, 1.82) is 0 Å². The molecule has 0 spiro atoms. The lowest BCUT2D eigenvalue weighted by Gasteiger charge is -2.25. The van der Waals surface area contributed by atoms with Crippen molar-refractivity contribution in [2.75, 3.05) is 4.90 Å². The van der Waals surface area contributed by atoms with Gasteiger partial charge in [-0.15, -0.1) is 11.3 Å². The van der Waals surface area contributed by atoms with Crippen molar-refractivity contribution in [3.8, 4) is 0 Å². The van der Waals surface area contributed by atoms with Gasteiger partial charge < -0.3 is 5.11 Å². The van der Waals surface area contributed by atoms with Crippen molar-refractivity contribution in [1.82, 2.24) is 0 Å². The fourth-order valence-corrected chi connectivity index (χ4v) is 4.50. The molecule has 1 aliphatic heterocycles. The number of hydrogen-bond donors (Lipinski definition) is 1. The van der Waals surface area contributed by atoms with Gasteiger partial charge in [-0.3, -0.25) is 14.5 Å². The van der Waals surface area contributed by atoms with Crippen LogP contribution in [0.3, 0.4) is 0 Å². The fourth-order valence-electron chi connectivity index (χ4n) is 3.45. The molecule has 0 bridgehead atoms. The second kappa shape index (κ2) is 7.46. The van der Waals surface area contributed by atoms with Crippen LogP contribution in [0.4, 0.5) is 10.1 Å². The zero-order valence-electron chi connectivity index (χ0n) is 15.2.